The third kappa shape index (κ3) is 5.95. The lowest BCUT2D eigenvalue weighted by atomic mass is 9.71. The number of methoxy groups -OCH3 is 3. The largest absolute Gasteiger partial charge is 0.493 e. The molecular formula is C35H38N2O6. The normalized spacial score (nSPS) is 18.0. The number of benzene rings is 3. The van der Waals surface area contributed by atoms with E-state index < -0.39 is 5.92 Å². The number of hydrogen-bond donors (Lipinski definition) is 2. The Hall–Kier alpha value is -4.72. The first-order chi connectivity index (χ1) is 20.8. The third-order valence-electron chi connectivity index (χ3n) is 8.08. The van der Waals surface area contributed by atoms with Crippen LogP contribution in [0.3, 0.4) is 0 Å². The van der Waals surface area contributed by atoms with Crippen molar-refractivity contribution in [3.8, 4) is 23.0 Å². The molecule has 2 atom stereocenters. The lowest BCUT2D eigenvalue weighted by molar-refractivity contribution is -0.116. The van der Waals surface area contributed by atoms with Crippen LogP contribution in [0.5, 0.6) is 23.0 Å². The Morgan fingerprint density at radius 2 is 1.47 bits per heavy atom. The number of rotatable bonds is 9. The molecule has 0 radical (unpaired) electrons. The molecule has 8 nitrogen and oxygen atoms in total. The maximum atomic E-state index is 14.1. The quantitative estimate of drug-likeness (QED) is 0.301. The second-order valence-electron chi connectivity index (χ2n) is 10.8. The van der Waals surface area contributed by atoms with E-state index >= 15 is 0 Å². The molecule has 2 aliphatic rings. The second-order valence-corrected chi connectivity index (χ2v) is 10.8. The monoisotopic (exact) mass is 582 g/mol. The summed E-state index contributed by atoms with van der Waals surface area (Å²) >= 11 is 0. The van der Waals surface area contributed by atoms with Crippen LogP contribution in [0.1, 0.15) is 55.2 Å². The van der Waals surface area contributed by atoms with Gasteiger partial charge in [0, 0.05) is 40.6 Å². The summed E-state index contributed by atoms with van der Waals surface area (Å²) in [5, 5.41) is 6.50. The van der Waals surface area contributed by atoms with Gasteiger partial charge in [0.05, 0.1) is 27.9 Å². The number of nitrogens with one attached hydrogen (secondary N) is 2. The topological polar surface area (TPSA) is 95.1 Å². The van der Waals surface area contributed by atoms with Crippen molar-refractivity contribution >= 4 is 17.4 Å². The van der Waals surface area contributed by atoms with E-state index in [1.807, 2.05) is 81.4 Å². The van der Waals surface area contributed by atoms with Crippen LogP contribution in [0.4, 0.5) is 5.69 Å². The number of ketones is 1. The van der Waals surface area contributed by atoms with Crippen LogP contribution in [0.2, 0.25) is 0 Å². The summed E-state index contributed by atoms with van der Waals surface area (Å²) < 4.78 is 22.3. The Labute approximate surface area is 252 Å². The van der Waals surface area contributed by atoms with E-state index in [0.29, 0.717) is 65.0 Å². The van der Waals surface area contributed by atoms with Gasteiger partial charge in [0.25, 0.3) is 5.91 Å². The van der Waals surface area contributed by atoms with Gasteiger partial charge in [-0.2, -0.15) is 0 Å². The summed E-state index contributed by atoms with van der Waals surface area (Å²) in [5.74, 6) is 1.46. The van der Waals surface area contributed by atoms with Gasteiger partial charge in [-0.25, -0.2) is 0 Å². The van der Waals surface area contributed by atoms with Crippen molar-refractivity contribution in [2.75, 3.05) is 33.3 Å². The molecule has 0 spiro atoms. The molecule has 224 valence electrons. The summed E-state index contributed by atoms with van der Waals surface area (Å²) in [6, 6.07) is 19.0. The third-order valence-corrected chi connectivity index (χ3v) is 8.08. The van der Waals surface area contributed by atoms with Crippen LogP contribution < -0.4 is 29.6 Å². The Morgan fingerprint density at radius 3 is 2.14 bits per heavy atom. The molecule has 3 aromatic rings. The number of hydrogen-bond acceptors (Lipinski definition) is 7. The zero-order chi connectivity index (χ0) is 30.7. The number of dihydropyridines is 1. The van der Waals surface area contributed by atoms with Crippen molar-refractivity contribution in [2.24, 2.45) is 0 Å². The van der Waals surface area contributed by atoms with Gasteiger partial charge in [-0.1, -0.05) is 29.8 Å². The van der Waals surface area contributed by atoms with E-state index in [-0.39, 0.29) is 17.6 Å². The van der Waals surface area contributed by atoms with Crippen molar-refractivity contribution in [1.29, 1.82) is 0 Å². The molecule has 2 unspecified atom stereocenters. The summed E-state index contributed by atoms with van der Waals surface area (Å²) in [5.41, 5.74) is 6.15. The summed E-state index contributed by atoms with van der Waals surface area (Å²) in [6.45, 7) is 6.28. The molecule has 1 amide bonds. The zero-order valence-electron chi connectivity index (χ0n) is 25.5. The van der Waals surface area contributed by atoms with Gasteiger partial charge < -0.3 is 29.6 Å². The molecule has 0 saturated carbocycles. The van der Waals surface area contributed by atoms with Crippen LogP contribution in [-0.4, -0.2) is 39.6 Å². The summed E-state index contributed by atoms with van der Waals surface area (Å²) in [6.07, 6.45) is 0.901. The lowest BCUT2D eigenvalue weighted by Crippen LogP contribution is -2.37. The smallest absolute Gasteiger partial charge is 0.254 e. The molecule has 43 heavy (non-hydrogen) atoms. The highest BCUT2D eigenvalue weighted by Gasteiger charge is 2.41. The minimum Gasteiger partial charge on any atom is -0.493 e. The fraction of sp³-hybridized carbons (Fsp3) is 0.314. The van der Waals surface area contributed by atoms with Crippen LogP contribution in [0.15, 0.2) is 83.2 Å². The average Bonchev–Trinajstić information content (AvgIpc) is 3.01. The van der Waals surface area contributed by atoms with Crippen molar-refractivity contribution in [3.63, 3.8) is 0 Å². The lowest BCUT2D eigenvalue weighted by Gasteiger charge is -2.37. The molecule has 0 aromatic heterocycles. The van der Waals surface area contributed by atoms with Crippen LogP contribution in [0, 0.1) is 6.92 Å². The predicted octanol–water partition coefficient (Wildman–Crippen LogP) is 6.42. The van der Waals surface area contributed by atoms with Crippen LogP contribution in [-0.2, 0) is 9.59 Å². The Kier molecular flexibility index (Phi) is 8.76. The van der Waals surface area contributed by atoms with Gasteiger partial charge in [0.1, 0.15) is 0 Å². The maximum absolute atomic E-state index is 14.1. The number of Topliss-reactive ketones (excluding diaryl/α,β-unsaturated/α-hetero) is 1. The second kappa shape index (κ2) is 12.7. The fourth-order valence-electron chi connectivity index (χ4n) is 5.99. The van der Waals surface area contributed by atoms with E-state index in [9.17, 15) is 9.59 Å². The molecule has 8 heteroatoms. The SMILES string of the molecule is CCOc1ccc(C2C(C(=O)Nc3ccc(C)cc3)=C(C)NC3=C2C(=O)CC(c2ccc(OC)c(OC)c2)C3)cc1OC. The molecule has 2 N–H and O–H groups in total. The van der Waals surface area contributed by atoms with Gasteiger partial charge in [-0.3, -0.25) is 9.59 Å². The van der Waals surface area contributed by atoms with Crippen molar-refractivity contribution < 1.29 is 28.5 Å². The minimum absolute atomic E-state index is 0.0143. The number of ether oxygens (including phenoxy) is 4. The number of aryl methyl sites for hydroxylation is 1. The Balaban J connectivity index is 1.58. The van der Waals surface area contributed by atoms with Crippen LogP contribution in [0.25, 0.3) is 0 Å². The van der Waals surface area contributed by atoms with Gasteiger partial charge in [-0.15, -0.1) is 0 Å². The highest BCUT2D eigenvalue weighted by molar-refractivity contribution is 6.10. The number of carbonyl (C=O) groups is 2. The molecule has 1 aliphatic heterocycles. The van der Waals surface area contributed by atoms with Gasteiger partial charge in [0.15, 0.2) is 28.8 Å². The standard InChI is InChI=1S/C35H38N2O6/c1-7-43-29-15-11-23(19-31(29)42-6)33-32(35(39)37-25-12-8-20(2)9-13-25)21(3)36-26-16-24(17-27(38)34(26)33)22-10-14-28(40-4)30(18-22)41-5/h8-15,18-19,24,33,36H,7,16-17H2,1-6H3,(H,37,39). The fourth-order valence-corrected chi connectivity index (χ4v) is 5.99. The summed E-state index contributed by atoms with van der Waals surface area (Å²) in [7, 11) is 4.78. The number of allylic oxidation sites excluding steroid dienone is 3. The molecule has 1 aliphatic carbocycles. The average molecular weight is 583 g/mol. The molecule has 0 bridgehead atoms. The van der Waals surface area contributed by atoms with Gasteiger partial charge in [0.2, 0.25) is 0 Å². The minimum atomic E-state index is -0.592. The number of amides is 1. The first kappa shape index (κ1) is 29.8. The number of carbonyl (C=O) groups excluding carboxylic acids is 2. The predicted molar refractivity (Wildman–Crippen MR) is 166 cm³/mol. The van der Waals surface area contributed by atoms with E-state index in [1.54, 1.807) is 21.3 Å². The van der Waals surface area contributed by atoms with Gasteiger partial charge in [-0.05, 0) is 80.6 Å². The zero-order valence-corrected chi connectivity index (χ0v) is 25.5. The molecule has 0 fully saturated rings. The van der Waals surface area contributed by atoms with E-state index in [0.717, 1.165) is 22.4 Å². The summed E-state index contributed by atoms with van der Waals surface area (Å²) in [4.78, 5) is 28.0. The van der Waals surface area contributed by atoms with Crippen LogP contribution >= 0.6 is 0 Å². The maximum Gasteiger partial charge on any atom is 0.254 e. The van der Waals surface area contributed by atoms with Crippen molar-refractivity contribution in [3.05, 3.63) is 99.9 Å². The first-order valence-corrected chi connectivity index (χ1v) is 14.4. The van der Waals surface area contributed by atoms with Crippen molar-refractivity contribution in [1.82, 2.24) is 5.32 Å². The van der Waals surface area contributed by atoms with Crippen molar-refractivity contribution in [2.45, 2.75) is 45.4 Å². The highest BCUT2D eigenvalue weighted by atomic mass is 16.5. The molecular weight excluding hydrogens is 544 g/mol. The Bertz CT molecular complexity index is 1610. The Morgan fingerprint density at radius 1 is 0.837 bits per heavy atom. The van der Waals surface area contributed by atoms with E-state index in [2.05, 4.69) is 10.6 Å². The molecule has 1 heterocycles. The van der Waals surface area contributed by atoms with E-state index in [4.69, 9.17) is 18.9 Å². The number of anilines is 1. The highest BCUT2D eigenvalue weighted by Crippen LogP contribution is 2.47. The first-order valence-electron chi connectivity index (χ1n) is 14.4. The molecule has 3 aromatic carbocycles. The van der Waals surface area contributed by atoms with Gasteiger partial charge >= 0.3 is 0 Å². The molecule has 0 saturated heterocycles. The van der Waals surface area contributed by atoms with E-state index in [1.165, 1.54) is 0 Å². The molecule has 5 rings (SSSR count).